The van der Waals surface area contributed by atoms with Crippen molar-refractivity contribution < 1.29 is 4.79 Å². The molecule has 2 aliphatic heterocycles. The molecule has 0 saturated carbocycles. The molecule has 0 aromatic heterocycles. The normalized spacial score (nSPS) is 27.9. The molecule has 0 aliphatic carbocycles. The van der Waals surface area contributed by atoms with Gasteiger partial charge in [-0.15, -0.1) is 0 Å². The standard InChI is InChI=1S/C16H23N3O/c17-15(12-5-2-1-3-6-12)16(20)18-13-8-10-19-9-4-7-14(19)11-13/h1-3,5-6,13-15H,4,7-11,17H2,(H,18,20). The maximum Gasteiger partial charge on any atom is 0.241 e. The van der Waals surface area contributed by atoms with Gasteiger partial charge in [-0.2, -0.15) is 0 Å². The number of fused-ring (bicyclic) bond motifs is 1. The molecule has 2 aliphatic rings. The van der Waals surface area contributed by atoms with Gasteiger partial charge in [0.05, 0.1) is 0 Å². The van der Waals surface area contributed by atoms with Gasteiger partial charge in [0.25, 0.3) is 0 Å². The largest absolute Gasteiger partial charge is 0.352 e. The summed E-state index contributed by atoms with van der Waals surface area (Å²) in [5, 5.41) is 3.14. The highest BCUT2D eigenvalue weighted by atomic mass is 16.2. The summed E-state index contributed by atoms with van der Waals surface area (Å²) in [6.45, 7) is 2.34. The summed E-state index contributed by atoms with van der Waals surface area (Å²) >= 11 is 0. The molecule has 1 aromatic carbocycles. The monoisotopic (exact) mass is 273 g/mol. The van der Waals surface area contributed by atoms with Crippen molar-refractivity contribution in [3.8, 4) is 0 Å². The van der Waals surface area contributed by atoms with E-state index in [9.17, 15) is 4.79 Å². The maximum atomic E-state index is 12.3. The van der Waals surface area contributed by atoms with Gasteiger partial charge in [-0.3, -0.25) is 4.79 Å². The van der Waals surface area contributed by atoms with Gasteiger partial charge in [-0.05, 0) is 37.8 Å². The zero-order valence-corrected chi connectivity index (χ0v) is 11.8. The number of hydrogen-bond donors (Lipinski definition) is 2. The van der Waals surface area contributed by atoms with Gasteiger partial charge in [-0.25, -0.2) is 0 Å². The Hall–Kier alpha value is -1.39. The average molecular weight is 273 g/mol. The fraction of sp³-hybridized carbons (Fsp3) is 0.562. The minimum absolute atomic E-state index is 0.0485. The van der Waals surface area contributed by atoms with Crippen molar-refractivity contribution in [2.24, 2.45) is 5.73 Å². The lowest BCUT2D eigenvalue weighted by Gasteiger charge is -2.35. The van der Waals surface area contributed by atoms with Crippen molar-refractivity contribution >= 4 is 5.91 Å². The molecule has 2 heterocycles. The summed E-state index contributed by atoms with van der Waals surface area (Å²) in [5.74, 6) is -0.0485. The first-order chi connectivity index (χ1) is 9.74. The predicted octanol–water partition coefficient (Wildman–Crippen LogP) is 1.43. The molecule has 3 atom stereocenters. The number of amides is 1. The Balaban J connectivity index is 1.56. The molecule has 4 nitrogen and oxygen atoms in total. The molecular formula is C16H23N3O. The Bertz CT molecular complexity index is 462. The van der Waals surface area contributed by atoms with E-state index in [1.807, 2.05) is 30.3 Å². The van der Waals surface area contributed by atoms with Crippen LogP contribution in [0.2, 0.25) is 0 Å². The summed E-state index contributed by atoms with van der Waals surface area (Å²) in [4.78, 5) is 14.8. The minimum Gasteiger partial charge on any atom is -0.352 e. The van der Waals surface area contributed by atoms with E-state index in [-0.39, 0.29) is 11.9 Å². The van der Waals surface area contributed by atoms with E-state index < -0.39 is 6.04 Å². The molecule has 20 heavy (non-hydrogen) atoms. The summed E-state index contributed by atoms with van der Waals surface area (Å²) < 4.78 is 0. The third kappa shape index (κ3) is 2.86. The van der Waals surface area contributed by atoms with Crippen LogP contribution in [0.3, 0.4) is 0 Å². The van der Waals surface area contributed by atoms with Crippen LogP contribution in [0, 0.1) is 0 Å². The molecule has 0 radical (unpaired) electrons. The maximum absolute atomic E-state index is 12.3. The van der Waals surface area contributed by atoms with Crippen molar-refractivity contribution in [1.82, 2.24) is 10.2 Å². The first-order valence-corrected chi connectivity index (χ1v) is 7.59. The SMILES string of the molecule is NC(C(=O)NC1CCN2CCCC2C1)c1ccccc1. The first-order valence-electron chi connectivity index (χ1n) is 7.59. The zero-order chi connectivity index (χ0) is 13.9. The van der Waals surface area contributed by atoms with Gasteiger partial charge >= 0.3 is 0 Å². The van der Waals surface area contributed by atoms with Gasteiger partial charge in [0.2, 0.25) is 5.91 Å². The Morgan fingerprint density at radius 3 is 2.85 bits per heavy atom. The van der Waals surface area contributed by atoms with Gasteiger partial charge in [-0.1, -0.05) is 30.3 Å². The number of rotatable bonds is 3. The van der Waals surface area contributed by atoms with Crippen molar-refractivity contribution in [3.63, 3.8) is 0 Å². The van der Waals surface area contributed by atoms with Crippen molar-refractivity contribution in [2.75, 3.05) is 13.1 Å². The van der Waals surface area contributed by atoms with E-state index >= 15 is 0 Å². The number of nitrogens with zero attached hydrogens (tertiary/aromatic N) is 1. The number of piperidine rings is 1. The molecule has 0 bridgehead atoms. The smallest absolute Gasteiger partial charge is 0.241 e. The number of carbonyl (C=O) groups excluding carboxylic acids is 1. The van der Waals surface area contributed by atoms with Crippen LogP contribution in [0.15, 0.2) is 30.3 Å². The van der Waals surface area contributed by atoms with Crippen LogP contribution in [0.4, 0.5) is 0 Å². The van der Waals surface area contributed by atoms with Crippen molar-refractivity contribution in [2.45, 2.75) is 43.8 Å². The molecule has 3 unspecified atom stereocenters. The third-order valence-corrected chi connectivity index (χ3v) is 4.61. The second-order valence-electron chi connectivity index (χ2n) is 5.95. The summed E-state index contributed by atoms with van der Waals surface area (Å²) in [5.41, 5.74) is 6.92. The quantitative estimate of drug-likeness (QED) is 0.876. The lowest BCUT2D eigenvalue weighted by atomic mass is 9.97. The highest BCUT2D eigenvalue weighted by molar-refractivity contribution is 5.83. The highest BCUT2D eigenvalue weighted by Crippen LogP contribution is 2.27. The number of benzene rings is 1. The number of carbonyl (C=O) groups is 1. The molecule has 0 spiro atoms. The number of hydrogen-bond acceptors (Lipinski definition) is 3. The summed E-state index contributed by atoms with van der Waals surface area (Å²) in [6, 6.07) is 9.98. The molecule has 4 heteroatoms. The molecule has 1 amide bonds. The second-order valence-corrected chi connectivity index (χ2v) is 5.95. The van der Waals surface area contributed by atoms with Crippen LogP contribution in [-0.4, -0.2) is 36.0 Å². The average Bonchev–Trinajstić information content (AvgIpc) is 2.95. The van der Waals surface area contributed by atoms with E-state index in [0.717, 1.165) is 24.9 Å². The summed E-state index contributed by atoms with van der Waals surface area (Å²) in [7, 11) is 0. The van der Waals surface area contributed by atoms with Crippen molar-refractivity contribution in [3.05, 3.63) is 35.9 Å². The van der Waals surface area contributed by atoms with Gasteiger partial charge in [0.15, 0.2) is 0 Å². The predicted molar refractivity (Wildman–Crippen MR) is 79.1 cm³/mol. The topological polar surface area (TPSA) is 58.4 Å². The third-order valence-electron chi connectivity index (χ3n) is 4.61. The molecule has 2 fully saturated rings. The van der Waals surface area contributed by atoms with Crippen LogP contribution in [0.25, 0.3) is 0 Å². The van der Waals surface area contributed by atoms with Crippen LogP contribution in [-0.2, 0) is 4.79 Å². The highest BCUT2D eigenvalue weighted by Gasteiger charge is 2.32. The second kappa shape index (κ2) is 5.94. The lowest BCUT2D eigenvalue weighted by molar-refractivity contribution is -0.123. The van der Waals surface area contributed by atoms with Crippen LogP contribution in [0.5, 0.6) is 0 Å². The number of nitrogens with two attached hydrogens (primary N) is 1. The van der Waals surface area contributed by atoms with E-state index in [4.69, 9.17) is 5.73 Å². The Morgan fingerprint density at radius 2 is 2.05 bits per heavy atom. The first kappa shape index (κ1) is 13.6. The minimum atomic E-state index is -0.558. The molecule has 2 saturated heterocycles. The zero-order valence-electron chi connectivity index (χ0n) is 11.8. The van der Waals surface area contributed by atoms with Crippen LogP contribution < -0.4 is 11.1 Å². The fourth-order valence-corrected chi connectivity index (χ4v) is 3.46. The van der Waals surface area contributed by atoms with E-state index in [1.165, 1.54) is 19.4 Å². The summed E-state index contributed by atoms with van der Waals surface area (Å²) in [6.07, 6.45) is 4.70. The van der Waals surface area contributed by atoms with E-state index in [1.54, 1.807) is 0 Å². The van der Waals surface area contributed by atoms with Gasteiger partial charge < -0.3 is 16.0 Å². The van der Waals surface area contributed by atoms with E-state index in [2.05, 4.69) is 10.2 Å². The Kier molecular flexibility index (Phi) is 4.03. The van der Waals surface area contributed by atoms with E-state index in [0.29, 0.717) is 6.04 Å². The molecule has 3 rings (SSSR count). The Labute approximate surface area is 120 Å². The molecule has 1 aromatic rings. The van der Waals surface area contributed by atoms with Gasteiger partial charge in [0.1, 0.15) is 6.04 Å². The van der Waals surface area contributed by atoms with Crippen LogP contribution in [0.1, 0.15) is 37.3 Å². The van der Waals surface area contributed by atoms with Crippen molar-refractivity contribution in [1.29, 1.82) is 0 Å². The van der Waals surface area contributed by atoms with Crippen LogP contribution >= 0.6 is 0 Å². The number of nitrogens with one attached hydrogen (secondary N) is 1. The van der Waals surface area contributed by atoms with Gasteiger partial charge in [0, 0.05) is 18.6 Å². The Morgan fingerprint density at radius 1 is 1.25 bits per heavy atom. The molecule has 108 valence electrons. The molecular weight excluding hydrogens is 250 g/mol. The molecule has 3 N–H and O–H groups in total. The lowest BCUT2D eigenvalue weighted by Crippen LogP contribution is -2.49. The fourth-order valence-electron chi connectivity index (χ4n) is 3.46.